The minimum absolute atomic E-state index is 0.0154. The van der Waals surface area contributed by atoms with Crippen LogP contribution < -0.4 is 10.9 Å². The van der Waals surface area contributed by atoms with Gasteiger partial charge in [-0.25, -0.2) is 22.0 Å². The first-order valence-corrected chi connectivity index (χ1v) is 9.63. The number of primary sulfonamides is 1. The molecule has 0 spiro atoms. The van der Waals surface area contributed by atoms with E-state index in [0.29, 0.717) is 0 Å². The Hall–Kier alpha value is -0.540. The molecule has 0 saturated carbocycles. The third-order valence-electron chi connectivity index (χ3n) is 2.48. The lowest BCUT2D eigenvalue weighted by atomic mass is 10.3. The number of halogens is 2. The van der Waals surface area contributed by atoms with Crippen LogP contribution in [0.2, 0.25) is 10.0 Å². The molecule has 0 aliphatic heterocycles. The van der Waals surface area contributed by atoms with Crippen LogP contribution in [0.25, 0.3) is 0 Å². The number of benzene rings is 1. The highest BCUT2D eigenvalue weighted by Gasteiger charge is 2.19. The van der Waals surface area contributed by atoms with Crippen molar-refractivity contribution in [3.63, 3.8) is 0 Å². The number of nitrogen functional groups attached to an aromatic ring is 1. The number of nitrogens with two attached hydrogens (primary N) is 2. The molecule has 10 heteroatoms. The summed E-state index contributed by atoms with van der Waals surface area (Å²) in [6.07, 6.45) is 0.301. The van der Waals surface area contributed by atoms with Crippen molar-refractivity contribution in [3.8, 4) is 0 Å². The van der Waals surface area contributed by atoms with Gasteiger partial charge in [0.2, 0.25) is 10.0 Å². The predicted molar refractivity (Wildman–Crippen MR) is 80.1 cm³/mol. The van der Waals surface area contributed by atoms with Crippen LogP contribution in [0, 0.1) is 0 Å². The van der Waals surface area contributed by atoms with Crippen LogP contribution in [0.3, 0.4) is 0 Å². The largest absolute Gasteiger partial charge is 0.397 e. The lowest BCUT2D eigenvalue weighted by Gasteiger charge is -2.08. The maximum Gasteiger partial charge on any atom is 0.209 e. The number of unbranched alkanes of at least 4 members (excludes halogenated alkanes) is 1. The van der Waals surface area contributed by atoms with Gasteiger partial charge in [0, 0.05) is 0 Å². The second-order valence-corrected chi connectivity index (χ2v) is 8.82. The quantitative estimate of drug-likeness (QED) is 0.586. The molecule has 0 radical (unpaired) electrons. The molecule has 1 rings (SSSR count). The molecule has 0 heterocycles. The summed E-state index contributed by atoms with van der Waals surface area (Å²) >= 11 is 11.6. The van der Waals surface area contributed by atoms with Crippen molar-refractivity contribution in [1.82, 2.24) is 0 Å². The fourth-order valence-electron chi connectivity index (χ4n) is 1.49. The minimum Gasteiger partial charge on any atom is -0.397 e. The summed E-state index contributed by atoms with van der Waals surface area (Å²) in [5.74, 6) is -0.513. The van der Waals surface area contributed by atoms with E-state index in [9.17, 15) is 16.8 Å². The molecule has 4 N–H and O–H groups in total. The molecule has 0 amide bonds. The van der Waals surface area contributed by atoms with Gasteiger partial charge in [0.15, 0.2) is 9.84 Å². The molecule has 0 atom stereocenters. The average Bonchev–Trinajstić information content (AvgIpc) is 2.28. The van der Waals surface area contributed by atoms with E-state index >= 15 is 0 Å². The molecular weight excluding hydrogens is 347 g/mol. The van der Waals surface area contributed by atoms with Gasteiger partial charge >= 0.3 is 0 Å². The van der Waals surface area contributed by atoms with Crippen LogP contribution >= 0.6 is 23.2 Å². The van der Waals surface area contributed by atoms with E-state index in [0.717, 1.165) is 0 Å². The van der Waals surface area contributed by atoms with Crippen molar-refractivity contribution in [2.45, 2.75) is 17.7 Å². The van der Waals surface area contributed by atoms with Gasteiger partial charge in [-0.2, -0.15) is 0 Å². The highest BCUT2D eigenvalue weighted by molar-refractivity contribution is 7.91. The summed E-state index contributed by atoms with van der Waals surface area (Å²) in [4.78, 5) is -0.117. The van der Waals surface area contributed by atoms with Gasteiger partial charge in [0.25, 0.3) is 0 Å². The second-order valence-electron chi connectivity index (χ2n) is 4.20. The Morgan fingerprint density at radius 1 is 0.950 bits per heavy atom. The Morgan fingerprint density at radius 3 is 2.05 bits per heavy atom. The van der Waals surface area contributed by atoms with Crippen LogP contribution in [-0.4, -0.2) is 28.3 Å². The van der Waals surface area contributed by atoms with E-state index in [1.165, 1.54) is 12.1 Å². The molecule has 0 unspecified atom stereocenters. The molecule has 0 fully saturated rings. The first-order valence-electron chi connectivity index (χ1n) is 5.51. The molecule has 1 aromatic rings. The van der Waals surface area contributed by atoms with Crippen molar-refractivity contribution in [1.29, 1.82) is 0 Å². The summed E-state index contributed by atoms with van der Waals surface area (Å²) in [6.45, 7) is 0. The van der Waals surface area contributed by atoms with Gasteiger partial charge in [-0.3, -0.25) is 0 Å². The number of hydrogen-bond donors (Lipinski definition) is 2. The van der Waals surface area contributed by atoms with Crippen LogP contribution in [0.5, 0.6) is 0 Å². The third-order valence-corrected chi connectivity index (χ3v) is 5.92. The first-order chi connectivity index (χ1) is 9.03. The van der Waals surface area contributed by atoms with Gasteiger partial charge in [-0.05, 0) is 25.0 Å². The van der Waals surface area contributed by atoms with Crippen molar-refractivity contribution < 1.29 is 16.8 Å². The number of sulfone groups is 1. The lowest BCUT2D eigenvalue weighted by Crippen LogP contribution is -2.17. The Bertz CT molecular complexity index is 702. The Kier molecular flexibility index (Phi) is 5.68. The van der Waals surface area contributed by atoms with E-state index in [1.54, 1.807) is 0 Å². The normalized spacial score (nSPS) is 12.6. The van der Waals surface area contributed by atoms with Crippen molar-refractivity contribution in [3.05, 3.63) is 22.2 Å². The molecule has 114 valence electrons. The van der Waals surface area contributed by atoms with Crippen LogP contribution in [-0.2, 0) is 19.9 Å². The summed E-state index contributed by atoms with van der Waals surface area (Å²) in [6, 6.07) is 2.45. The molecule has 0 aromatic heterocycles. The van der Waals surface area contributed by atoms with Gasteiger partial charge in [-0.15, -0.1) is 0 Å². The number of sulfonamides is 1. The van der Waals surface area contributed by atoms with Gasteiger partial charge in [0.05, 0.1) is 32.1 Å². The molecular formula is C10H14Cl2N2O4S2. The molecule has 1 aromatic carbocycles. The van der Waals surface area contributed by atoms with Crippen LogP contribution in [0.1, 0.15) is 12.8 Å². The maximum absolute atomic E-state index is 12.1. The Morgan fingerprint density at radius 2 is 1.50 bits per heavy atom. The first kappa shape index (κ1) is 17.5. The predicted octanol–water partition coefficient (Wildman–Crippen LogP) is 1.42. The zero-order valence-electron chi connectivity index (χ0n) is 10.3. The topological polar surface area (TPSA) is 120 Å². The van der Waals surface area contributed by atoms with E-state index in [1.807, 2.05) is 0 Å². The molecule has 6 nitrogen and oxygen atoms in total. The molecule has 0 bridgehead atoms. The minimum atomic E-state index is -3.66. The standard InChI is InChI=1S/C10H14Cl2N2O4S2/c11-7-6-10(8(12)5-9(7)13)19(15,16)3-1-2-4-20(14,17)18/h5-6H,1-4,13H2,(H2,14,17,18). The highest BCUT2D eigenvalue weighted by atomic mass is 35.5. The molecule has 0 aliphatic rings. The molecule has 20 heavy (non-hydrogen) atoms. The van der Waals surface area contributed by atoms with Gasteiger partial charge in [0.1, 0.15) is 0 Å². The summed E-state index contributed by atoms with van der Waals surface area (Å²) in [5, 5.41) is 4.91. The smallest absolute Gasteiger partial charge is 0.209 e. The second kappa shape index (κ2) is 6.48. The zero-order chi connectivity index (χ0) is 15.6. The summed E-state index contributed by atoms with van der Waals surface area (Å²) in [7, 11) is -7.24. The number of rotatable bonds is 6. The van der Waals surface area contributed by atoms with E-state index in [2.05, 4.69) is 0 Å². The third kappa shape index (κ3) is 5.10. The van der Waals surface area contributed by atoms with E-state index < -0.39 is 19.9 Å². The van der Waals surface area contributed by atoms with Crippen LogP contribution in [0.15, 0.2) is 17.0 Å². The molecule has 0 saturated heterocycles. The zero-order valence-corrected chi connectivity index (χ0v) is 13.5. The van der Waals surface area contributed by atoms with Crippen molar-refractivity contribution in [2.75, 3.05) is 17.2 Å². The van der Waals surface area contributed by atoms with Crippen molar-refractivity contribution in [2.24, 2.45) is 5.14 Å². The van der Waals surface area contributed by atoms with Crippen molar-refractivity contribution >= 4 is 48.7 Å². The van der Waals surface area contributed by atoms with Gasteiger partial charge < -0.3 is 5.73 Å². The fraction of sp³-hybridized carbons (Fsp3) is 0.400. The number of hydrogen-bond acceptors (Lipinski definition) is 5. The van der Waals surface area contributed by atoms with Crippen LogP contribution in [0.4, 0.5) is 5.69 Å². The monoisotopic (exact) mass is 360 g/mol. The molecule has 0 aliphatic carbocycles. The Balaban J connectivity index is 2.82. The van der Waals surface area contributed by atoms with E-state index in [4.69, 9.17) is 34.1 Å². The highest BCUT2D eigenvalue weighted by Crippen LogP contribution is 2.31. The van der Waals surface area contributed by atoms with E-state index in [-0.39, 0.29) is 45.0 Å². The average molecular weight is 361 g/mol. The lowest BCUT2D eigenvalue weighted by molar-refractivity contribution is 0.586. The summed E-state index contributed by atoms with van der Waals surface area (Å²) in [5.41, 5.74) is 5.70. The SMILES string of the molecule is Nc1cc(Cl)c(S(=O)(=O)CCCCS(N)(=O)=O)cc1Cl. The fourth-order valence-corrected chi connectivity index (χ4v) is 4.30. The number of anilines is 1. The summed E-state index contributed by atoms with van der Waals surface area (Å²) < 4.78 is 45.6. The van der Waals surface area contributed by atoms with Gasteiger partial charge in [-0.1, -0.05) is 23.2 Å². The Labute approximate surface area is 128 Å². The maximum atomic E-state index is 12.1.